The third-order valence-electron chi connectivity index (χ3n) is 8.57. The van der Waals surface area contributed by atoms with E-state index in [0.717, 1.165) is 73.2 Å². The number of carboxylic acid groups (broad SMARTS) is 2. The number of phenolic OH excluding ortho intramolecular Hbond substituents is 2. The number of hydrogen-bond donors (Lipinski definition) is 2. The Kier molecular flexibility index (Phi) is 20.8. The molecule has 4 atom stereocenters. The number of benzene rings is 3. The smallest absolute Gasteiger partial charge is 0.550 e. The van der Waals surface area contributed by atoms with Crippen molar-refractivity contribution in [1.29, 1.82) is 0 Å². The largest absolute Gasteiger partial charge is 2.00 e. The summed E-state index contributed by atoms with van der Waals surface area (Å²) < 4.78 is 0. The summed E-state index contributed by atoms with van der Waals surface area (Å²) in [6, 6.07) is 16.1. The van der Waals surface area contributed by atoms with Crippen molar-refractivity contribution in [2.75, 3.05) is 0 Å². The Bertz CT molecular complexity index is 1430. The van der Waals surface area contributed by atoms with E-state index in [4.69, 9.17) is 29.8 Å². The van der Waals surface area contributed by atoms with Crippen molar-refractivity contribution in [2.45, 2.75) is 119 Å². The summed E-state index contributed by atoms with van der Waals surface area (Å²) in [4.78, 5) is 27.2. The van der Waals surface area contributed by atoms with Crippen LogP contribution in [0.15, 0.2) is 58.5 Å². The van der Waals surface area contributed by atoms with Gasteiger partial charge < -0.3 is 30.0 Å². The fraction of sp³-hybridized carbons (Fsp3) is 0.450. The van der Waals surface area contributed by atoms with Crippen LogP contribution in [0.1, 0.15) is 152 Å². The summed E-state index contributed by atoms with van der Waals surface area (Å²) in [5.74, 6) is -0.190. The Morgan fingerprint density at radius 2 is 0.939 bits per heavy atom. The molecule has 3 aromatic carbocycles. The van der Waals surface area contributed by atoms with Gasteiger partial charge in [0.25, 0.3) is 0 Å². The molecule has 0 saturated heterocycles. The van der Waals surface area contributed by atoms with Crippen LogP contribution >= 0.6 is 0 Å². The zero-order chi connectivity index (χ0) is 36.6. The molecule has 0 bridgehead atoms. The van der Waals surface area contributed by atoms with Crippen molar-refractivity contribution in [2.24, 2.45) is 9.98 Å². The third-order valence-corrected chi connectivity index (χ3v) is 8.57. The summed E-state index contributed by atoms with van der Waals surface area (Å²) >= 11 is 0. The number of nitrogens with zero attached hydrogens (tertiary/aromatic N) is 2. The molecule has 3 aromatic rings. The van der Waals surface area contributed by atoms with E-state index in [1.165, 1.54) is 11.1 Å². The Hall–Kier alpha value is -3.95. The van der Waals surface area contributed by atoms with Gasteiger partial charge in [0.05, 0.1) is 11.4 Å². The van der Waals surface area contributed by atoms with Crippen LogP contribution in [0, 0.1) is 0 Å². The topological polar surface area (TPSA) is 145 Å². The molecule has 0 heterocycles. The van der Waals surface area contributed by atoms with Crippen molar-refractivity contribution >= 4 is 35.7 Å². The normalized spacial score (nSPS) is 13.3. The molecule has 9 heteroatoms. The van der Waals surface area contributed by atoms with Gasteiger partial charge in [-0.3, -0.25) is 9.98 Å². The number of aliphatic carboxylic acids is 2. The number of phenols is 2. The Morgan fingerprint density at radius 3 is 1.22 bits per heavy atom. The predicted molar refractivity (Wildman–Crippen MR) is 193 cm³/mol. The van der Waals surface area contributed by atoms with E-state index in [9.17, 15) is 10.2 Å². The number of hydrogen-bond acceptors (Lipinski definition) is 8. The molecular weight excluding hydrogens is 663 g/mol. The van der Waals surface area contributed by atoms with Crippen LogP contribution < -0.4 is 10.2 Å². The first-order chi connectivity index (χ1) is 22.6. The SMILES string of the molecule is CC(=O)[O-].CC(=O)[O-].CCC(C)c1cc(C=Nc2cccc(N=Cc3cc(C(C)CC)cc(C(C)CC)c3O)c2)c(O)c(C(C)CC)c1.[Co+2]. The minimum atomic E-state index is -1.08. The van der Waals surface area contributed by atoms with Crippen LogP contribution in [-0.2, 0) is 26.4 Å². The van der Waals surface area contributed by atoms with Crippen LogP contribution in [0.4, 0.5) is 11.4 Å². The first-order valence-corrected chi connectivity index (χ1v) is 16.9. The minimum Gasteiger partial charge on any atom is -0.550 e. The first kappa shape index (κ1) is 45.0. The van der Waals surface area contributed by atoms with E-state index in [0.29, 0.717) is 23.3 Å². The molecule has 1 radical (unpaired) electrons. The van der Waals surface area contributed by atoms with Crippen LogP contribution in [0.2, 0.25) is 0 Å². The molecule has 0 aliphatic heterocycles. The zero-order valence-electron chi connectivity index (χ0n) is 30.7. The number of aromatic hydroxyl groups is 2. The first-order valence-electron chi connectivity index (χ1n) is 16.9. The van der Waals surface area contributed by atoms with Crippen LogP contribution in [0.5, 0.6) is 11.5 Å². The monoisotopic (exact) mass is 717 g/mol. The maximum absolute atomic E-state index is 11.1. The van der Waals surface area contributed by atoms with E-state index in [-0.39, 0.29) is 28.6 Å². The molecule has 3 rings (SSSR count). The number of carbonyl (C=O) groups is 2. The average Bonchev–Trinajstić information content (AvgIpc) is 3.05. The van der Waals surface area contributed by atoms with Crippen LogP contribution in [0.3, 0.4) is 0 Å². The molecule has 4 unspecified atom stereocenters. The second-order valence-electron chi connectivity index (χ2n) is 12.4. The van der Waals surface area contributed by atoms with E-state index >= 15 is 0 Å². The van der Waals surface area contributed by atoms with Crippen LogP contribution in [-0.4, -0.2) is 34.6 Å². The zero-order valence-corrected chi connectivity index (χ0v) is 31.7. The number of carbonyl (C=O) groups excluding carboxylic acids is 2. The van der Waals surface area contributed by atoms with Crippen molar-refractivity contribution in [1.82, 2.24) is 0 Å². The van der Waals surface area contributed by atoms with Gasteiger partial charge in [0, 0.05) is 35.5 Å². The molecule has 0 fully saturated rings. The molecule has 269 valence electrons. The summed E-state index contributed by atoms with van der Waals surface area (Å²) in [5.41, 5.74) is 7.42. The number of rotatable bonds is 12. The molecule has 49 heavy (non-hydrogen) atoms. The van der Waals surface area contributed by atoms with Crippen molar-refractivity contribution < 1.29 is 46.8 Å². The van der Waals surface area contributed by atoms with Crippen molar-refractivity contribution in [3.63, 3.8) is 0 Å². The molecule has 0 spiro atoms. The Balaban J connectivity index is 0.00000230. The van der Waals surface area contributed by atoms with Gasteiger partial charge in [-0.25, -0.2) is 0 Å². The molecule has 0 aliphatic rings. The van der Waals surface area contributed by atoms with Crippen molar-refractivity contribution in [3.05, 3.63) is 81.9 Å². The predicted octanol–water partition coefficient (Wildman–Crippen LogP) is 8.16. The van der Waals surface area contributed by atoms with Gasteiger partial charge in [-0.2, -0.15) is 0 Å². The molecule has 8 nitrogen and oxygen atoms in total. The Labute approximate surface area is 303 Å². The summed E-state index contributed by atoms with van der Waals surface area (Å²) in [6.07, 6.45) is 7.52. The molecular formula is C40H54CoN2O6. The van der Waals surface area contributed by atoms with E-state index < -0.39 is 11.9 Å². The fourth-order valence-electron chi connectivity index (χ4n) is 4.78. The molecule has 0 saturated carbocycles. The summed E-state index contributed by atoms with van der Waals surface area (Å²) in [7, 11) is 0. The maximum Gasteiger partial charge on any atom is 2.00 e. The Morgan fingerprint density at radius 1 is 0.633 bits per heavy atom. The molecule has 0 aromatic heterocycles. The summed E-state index contributed by atoms with van der Waals surface area (Å²) in [6.45, 7) is 19.4. The number of aliphatic imine (C=N–C) groups is 2. The second-order valence-corrected chi connectivity index (χ2v) is 12.4. The van der Waals surface area contributed by atoms with Gasteiger partial charge in [-0.1, -0.05) is 73.6 Å². The van der Waals surface area contributed by atoms with Gasteiger partial charge in [-0.05, 0) is 116 Å². The van der Waals surface area contributed by atoms with Gasteiger partial charge in [0.15, 0.2) is 0 Å². The standard InChI is InChI=1S/C36H48N2O2.2C2H4O2.Co/c1-9-23(5)27-16-29(35(39)33(18-27)25(7)11-3)21-37-31-14-13-15-32(20-31)38-22-30-17-28(24(6)10-2)19-34(36(30)40)26(8)12-4;2*1-2(3)4;/h13-26,39-40H,9-12H2,1-8H3;2*1H3,(H,3,4);/q;;;+2/p-2. The van der Waals surface area contributed by atoms with E-state index in [1.807, 2.05) is 24.3 Å². The molecule has 2 N–H and O–H groups in total. The fourth-order valence-corrected chi connectivity index (χ4v) is 4.78. The summed E-state index contributed by atoms with van der Waals surface area (Å²) in [5, 5.41) is 39.9. The number of carboxylic acids is 2. The van der Waals surface area contributed by atoms with Gasteiger partial charge >= 0.3 is 16.8 Å². The maximum atomic E-state index is 11.1. The minimum absolute atomic E-state index is 0. The third kappa shape index (κ3) is 15.0. The second kappa shape index (κ2) is 22.6. The van der Waals surface area contributed by atoms with Crippen LogP contribution in [0.25, 0.3) is 0 Å². The van der Waals surface area contributed by atoms with Crippen molar-refractivity contribution in [3.8, 4) is 11.5 Å². The van der Waals surface area contributed by atoms with E-state index in [2.05, 4.69) is 79.7 Å². The quantitative estimate of drug-likeness (QED) is 0.181. The molecule has 0 amide bonds. The molecule has 0 aliphatic carbocycles. The van der Waals surface area contributed by atoms with Gasteiger partial charge in [-0.15, -0.1) is 0 Å². The van der Waals surface area contributed by atoms with Gasteiger partial charge in [0.1, 0.15) is 11.5 Å². The van der Waals surface area contributed by atoms with Gasteiger partial charge in [0.2, 0.25) is 0 Å². The average molecular weight is 718 g/mol. The van der Waals surface area contributed by atoms with E-state index in [1.54, 1.807) is 12.4 Å².